The van der Waals surface area contributed by atoms with Crippen LogP contribution in [-0.4, -0.2) is 44.8 Å². The van der Waals surface area contributed by atoms with Crippen molar-refractivity contribution in [3.63, 3.8) is 0 Å². The van der Waals surface area contributed by atoms with Crippen molar-refractivity contribution in [3.05, 3.63) is 35.4 Å². The molecular formula is C18H27ClN2O4. The average molecular weight is 371 g/mol. The van der Waals surface area contributed by atoms with E-state index in [1.165, 1.54) is 7.11 Å². The van der Waals surface area contributed by atoms with Crippen LogP contribution in [0.1, 0.15) is 29.9 Å². The molecule has 1 aliphatic heterocycles. The van der Waals surface area contributed by atoms with E-state index >= 15 is 0 Å². The number of methoxy groups -OCH3 is 1. The Labute approximate surface area is 154 Å². The highest BCUT2D eigenvalue weighted by Crippen LogP contribution is 2.19. The molecule has 1 aromatic carbocycles. The summed E-state index contributed by atoms with van der Waals surface area (Å²) < 4.78 is 10.2. The Morgan fingerprint density at radius 2 is 1.88 bits per heavy atom. The summed E-state index contributed by atoms with van der Waals surface area (Å²) in [6.07, 6.45) is 1.57. The topological polar surface area (TPSA) is 90.7 Å². The van der Waals surface area contributed by atoms with Gasteiger partial charge in [-0.05, 0) is 31.2 Å². The van der Waals surface area contributed by atoms with Gasteiger partial charge in [-0.2, -0.15) is 0 Å². The van der Waals surface area contributed by atoms with Crippen LogP contribution < -0.4 is 11.1 Å². The number of nitrogens with one attached hydrogen (secondary N) is 1. The van der Waals surface area contributed by atoms with Gasteiger partial charge in [-0.15, -0.1) is 12.4 Å². The first-order chi connectivity index (χ1) is 11.5. The Morgan fingerprint density at radius 1 is 1.28 bits per heavy atom. The monoisotopic (exact) mass is 370 g/mol. The lowest BCUT2D eigenvalue weighted by atomic mass is 9.91. The third-order valence-electron chi connectivity index (χ3n) is 4.52. The molecule has 0 spiro atoms. The fourth-order valence-corrected chi connectivity index (χ4v) is 2.89. The molecule has 0 saturated carbocycles. The Morgan fingerprint density at radius 3 is 2.44 bits per heavy atom. The van der Waals surface area contributed by atoms with E-state index in [1.807, 2.05) is 31.2 Å². The van der Waals surface area contributed by atoms with Crippen LogP contribution in [0.25, 0.3) is 0 Å². The van der Waals surface area contributed by atoms with Gasteiger partial charge in [0.1, 0.15) is 0 Å². The number of aryl methyl sites for hydroxylation is 1. The van der Waals surface area contributed by atoms with Crippen molar-refractivity contribution in [1.82, 2.24) is 5.32 Å². The Kier molecular flexibility index (Phi) is 8.89. The second kappa shape index (κ2) is 10.4. The summed E-state index contributed by atoms with van der Waals surface area (Å²) in [4.78, 5) is 24.4. The van der Waals surface area contributed by atoms with Crippen LogP contribution in [0.5, 0.6) is 0 Å². The maximum absolute atomic E-state index is 12.3. The lowest BCUT2D eigenvalue weighted by molar-refractivity contribution is -0.142. The van der Waals surface area contributed by atoms with Gasteiger partial charge in [-0.1, -0.05) is 29.8 Å². The predicted molar refractivity (Wildman–Crippen MR) is 97.7 cm³/mol. The number of benzene rings is 1. The van der Waals surface area contributed by atoms with Crippen LogP contribution in [0.2, 0.25) is 0 Å². The summed E-state index contributed by atoms with van der Waals surface area (Å²) in [6, 6.07) is 7.04. The van der Waals surface area contributed by atoms with Crippen LogP contribution in [0.3, 0.4) is 0 Å². The van der Waals surface area contributed by atoms with E-state index in [-0.39, 0.29) is 36.7 Å². The summed E-state index contributed by atoms with van der Waals surface area (Å²) >= 11 is 0. The molecule has 6 nitrogen and oxygen atoms in total. The molecule has 0 radical (unpaired) electrons. The van der Waals surface area contributed by atoms with Gasteiger partial charge >= 0.3 is 5.97 Å². The molecule has 7 heteroatoms. The van der Waals surface area contributed by atoms with E-state index in [2.05, 4.69) is 5.32 Å². The highest BCUT2D eigenvalue weighted by atomic mass is 35.5. The van der Waals surface area contributed by atoms with Crippen LogP contribution >= 0.6 is 12.4 Å². The van der Waals surface area contributed by atoms with Gasteiger partial charge in [-0.25, -0.2) is 0 Å². The van der Waals surface area contributed by atoms with E-state index in [0.717, 1.165) is 24.0 Å². The number of rotatable bonds is 6. The molecule has 2 atom stereocenters. The highest BCUT2D eigenvalue weighted by Gasteiger charge is 2.28. The number of nitrogens with two attached hydrogens (primary N) is 1. The molecule has 1 aliphatic rings. The quantitative estimate of drug-likeness (QED) is 0.741. The highest BCUT2D eigenvalue weighted by molar-refractivity contribution is 5.85. The molecule has 1 amide bonds. The number of esters is 1. The molecule has 140 valence electrons. The third kappa shape index (κ3) is 5.99. The SMILES string of the molecule is COC(=O)C(CNC(=O)C(N)C1CCOCC1)c1ccc(C)cc1.Cl. The van der Waals surface area contributed by atoms with Gasteiger partial charge in [-0.3, -0.25) is 9.59 Å². The number of ether oxygens (including phenoxy) is 2. The number of hydrogen-bond donors (Lipinski definition) is 2. The van der Waals surface area contributed by atoms with Gasteiger partial charge in [0.2, 0.25) is 5.91 Å². The van der Waals surface area contributed by atoms with Gasteiger partial charge in [0.05, 0.1) is 19.1 Å². The first kappa shape index (κ1) is 21.4. The smallest absolute Gasteiger partial charge is 0.314 e. The van der Waals surface area contributed by atoms with Crippen LogP contribution in [0, 0.1) is 12.8 Å². The first-order valence-electron chi connectivity index (χ1n) is 8.28. The summed E-state index contributed by atoms with van der Waals surface area (Å²) in [6.45, 7) is 3.43. The Hall–Kier alpha value is -1.63. The molecule has 2 unspecified atom stereocenters. The van der Waals surface area contributed by atoms with E-state index in [1.54, 1.807) is 0 Å². The number of carbonyl (C=O) groups is 2. The van der Waals surface area contributed by atoms with Crippen LogP contribution in [0.15, 0.2) is 24.3 Å². The normalized spacial score (nSPS) is 17.1. The first-order valence-corrected chi connectivity index (χ1v) is 8.28. The van der Waals surface area contributed by atoms with Gasteiger partial charge in [0, 0.05) is 19.8 Å². The summed E-state index contributed by atoms with van der Waals surface area (Å²) in [5.41, 5.74) is 7.98. The van der Waals surface area contributed by atoms with Crippen molar-refractivity contribution in [1.29, 1.82) is 0 Å². The minimum Gasteiger partial charge on any atom is -0.468 e. The maximum atomic E-state index is 12.3. The lowest BCUT2D eigenvalue weighted by Crippen LogP contribution is -2.48. The van der Waals surface area contributed by atoms with E-state index < -0.39 is 12.0 Å². The Bertz CT molecular complexity index is 559. The second-order valence-electron chi connectivity index (χ2n) is 6.21. The molecule has 2 rings (SSSR count). The molecule has 1 fully saturated rings. The minimum absolute atomic E-state index is 0. The number of carbonyl (C=O) groups excluding carboxylic acids is 2. The zero-order valence-corrected chi connectivity index (χ0v) is 15.5. The van der Waals surface area contributed by atoms with Gasteiger partial charge < -0.3 is 20.5 Å². The number of halogens is 1. The maximum Gasteiger partial charge on any atom is 0.314 e. The minimum atomic E-state index is -0.579. The molecule has 1 heterocycles. The van der Waals surface area contributed by atoms with E-state index in [4.69, 9.17) is 15.2 Å². The molecule has 0 aromatic heterocycles. The summed E-state index contributed by atoms with van der Waals surface area (Å²) in [7, 11) is 1.35. The summed E-state index contributed by atoms with van der Waals surface area (Å²) in [5.74, 6) is -1.03. The van der Waals surface area contributed by atoms with Crippen LogP contribution in [-0.2, 0) is 19.1 Å². The molecule has 25 heavy (non-hydrogen) atoms. The number of hydrogen-bond acceptors (Lipinski definition) is 5. The van der Waals surface area contributed by atoms with E-state index in [9.17, 15) is 9.59 Å². The fraction of sp³-hybridized carbons (Fsp3) is 0.556. The largest absolute Gasteiger partial charge is 0.468 e. The third-order valence-corrected chi connectivity index (χ3v) is 4.52. The van der Waals surface area contributed by atoms with Crippen molar-refractivity contribution in [2.24, 2.45) is 11.7 Å². The predicted octanol–water partition coefficient (Wildman–Crippen LogP) is 1.54. The van der Waals surface area contributed by atoms with Gasteiger partial charge in [0.25, 0.3) is 0 Å². The Balaban J connectivity index is 0.00000312. The molecular weight excluding hydrogens is 344 g/mol. The van der Waals surface area contributed by atoms with Crippen molar-refractivity contribution in [2.45, 2.75) is 31.7 Å². The van der Waals surface area contributed by atoms with Crippen molar-refractivity contribution < 1.29 is 19.1 Å². The van der Waals surface area contributed by atoms with E-state index in [0.29, 0.717) is 13.2 Å². The fourth-order valence-electron chi connectivity index (χ4n) is 2.89. The van der Waals surface area contributed by atoms with Gasteiger partial charge in [0.15, 0.2) is 0 Å². The zero-order valence-electron chi connectivity index (χ0n) is 14.7. The second-order valence-corrected chi connectivity index (χ2v) is 6.21. The molecule has 0 aliphatic carbocycles. The molecule has 1 saturated heterocycles. The summed E-state index contributed by atoms with van der Waals surface area (Å²) in [5, 5.41) is 2.80. The van der Waals surface area contributed by atoms with Crippen molar-refractivity contribution in [2.75, 3.05) is 26.9 Å². The number of amides is 1. The lowest BCUT2D eigenvalue weighted by Gasteiger charge is -2.27. The molecule has 3 N–H and O–H groups in total. The molecule has 0 bridgehead atoms. The van der Waals surface area contributed by atoms with Crippen molar-refractivity contribution in [3.8, 4) is 0 Å². The van der Waals surface area contributed by atoms with Crippen LogP contribution in [0.4, 0.5) is 0 Å². The molecule has 1 aromatic rings. The standard InChI is InChI=1S/C18H26N2O4.ClH/c1-12-3-5-13(6-4-12)15(18(22)23-2)11-20-17(21)16(19)14-7-9-24-10-8-14;/h3-6,14-16H,7-11,19H2,1-2H3,(H,20,21);1H. The van der Waals surface area contributed by atoms with Crippen molar-refractivity contribution >= 4 is 24.3 Å². The average Bonchev–Trinajstić information content (AvgIpc) is 2.62. The zero-order chi connectivity index (χ0) is 17.5.